The van der Waals surface area contributed by atoms with E-state index in [0.29, 0.717) is 32.7 Å². The Morgan fingerprint density at radius 2 is 1.79 bits per heavy atom. The maximum atomic E-state index is 12.9. The Morgan fingerprint density at radius 3 is 2.38 bits per heavy atom. The third-order valence-corrected chi connectivity index (χ3v) is 5.31. The summed E-state index contributed by atoms with van der Waals surface area (Å²) in [5, 5.41) is 15.4. The van der Waals surface area contributed by atoms with Crippen LogP contribution in [-0.4, -0.2) is 67.9 Å². The molecule has 34 heavy (non-hydrogen) atoms. The molecule has 0 N–H and O–H groups in total. The van der Waals surface area contributed by atoms with Gasteiger partial charge in [-0.1, -0.05) is 12.1 Å². The van der Waals surface area contributed by atoms with E-state index in [1.807, 2.05) is 0 Å². The van der Waals surface area contributed by atoms with E-state index < -0.39 is 11.3 Å². The van der Waals surface area contributed by atoms with E-state index in [1.165, 1.54) is 47.7 Å². The predicted molar refractivity (Wildman–Crippen MR) is 112 cm³/mol. The van der Waals surface area contributed by atoms with Crippen LogP contribution >= 0.6 is 0 Å². The number of carbonyl (C=O) groups is 1. The number of hydrogen-bond donors (Lipinski definition) is 0. The van der Waals surface area contributed by atoms with Gasteiger partial charge in [-0.05, 0) is 29.8 Å². The van der Waals surface area contributed by atoms with Gasteiger partial charge in [-0.2, -0.15) is 5.10 Å². The first-order valence-corrected chi connectivity index (χ1v) is 10.2. The van der Waals surface area contributed by atoms with Crippen molar-refractivity contribution in [2.24, 2.45) is 0 Å². The smallest absolute Gasteiger partial charge is 0.406 e. The molecule has 1 aliphatic heterocycles. The van der Waals surface area contributed by atoms with Gasteiger partial charge < -0.3 is 9.64 Å². The second-order valence-corrected chi connectivity index (χ2v) is 7.56. The van der Waals surface area contributed by atoms with Crippen molar-refractivity contribution in [3.63, 3.8) is 0 Å². The van der Waals surface area contributed by atoms with Crippen LogP contribution < -0.4 is 4.74 Å². The Labute approximate surface area is 191 Å². The molecule has 1 saturated heterocycles. The molecule has 13 heteroatoms. The minimum Gasteiger partial charge on any atom is -0.406 e. The van der Waals surface area contributed by atoms with Gasteiger partial charge in [0.1, 0.15) is 24.1 Å². The summed E-state index contributed by atoms with van der Waals surface area (Å²) in [6.07, 6.45) is -2.14. The standard InChI is InChI=1S/C21H19F3N6O4/c22-21(23,24)34-17-4-1-15(2-5-17)12-27-7-9-28(10-8-27)20(31)16-3-6-18(19(11-16)30(32)33)29-14-25-13-26-29/h1-6,11,13-14H,7-10,12H2. The van der Waals surface area contributed by atoms with E-state index in [0.717, 1.165) is 5.56 Å². The van der Waals surface area contributed by atoms with E-state index in [1.54, 1.807) is 17.0 Å². The van der Waals surface area contributed by atoms with Crippen LogP contribution in [0.2, 0.25) is 0 Å². The predicted octanol–water partition coefficient (Wildman–Crippen LogP) is 3.03. The molecule has 0 bridgehead atoms. The highest BCUT2D eigenvalue weighted by Gasteiger charge is 2.31. The molecule has 178 valence electrons. The maximum Gasteiger partial charge on any atom is 0.573 e. The van der Waals surface area contributed by atoms with Crippen LogP contribution in [0.4, 0.5) is 18.9 Å². The molecule has 0 atom stereocenters. The molecule has 10 nitrogen and oxygen atoms in total. The number of piperazine rings is 1. The van der Waals surface area contributed by atoms with Gasteiger partial charge in [-0.15, -0.1) is 13.2 Å². The largest absolute Gasteiger partial charge is 0.573 e. The lowest BCUT2D eigenvalue weighted by Gasteiger charge is -2.34. The molecule has 0 radical (unpaired) electrons. The molecule has 4 rings (SSSR count). The number of nitrogens with zero attached hydrogens (tertiary/aromatic N) is 6. The van der Waals surface area contributed by atoms with E-state index in [2.05, 4.69) is 19.7 Å². The van der Waals surface area contributed by atoms with Gasteiger partial charge in [0.05, 0.1) is 4.92 Å². The Kier molecular flexibility index (Phi) is 6.45. The fraction of sp³-hybridized carbons (Fsp3) is 0.286. The average Bonchev–Trinajstić information content (AvgIpc) is 3.34. The molecule has 2 aromatic carbocycles. The van der Waals surface area contributed by atoms with Gasteiger partial charge in [0.2, 0.25) is 0 Å². The maximum absolute atomic E-state index is 12.9. The highest BCUT2D eigenvalue weighted by molar-refractivity contribution is 5.95. The SMILES string of the molecule is O=C(c1ccc(-n2cncn2)c([N+](=O)[O-])c1)N1CCN(Cc2ccc(OC(F)(F)F)cc2)CC1. The van der Waals surface area contributed by atoms with Crippen molar-refractivity contribution >= 4 is 11.6 Å². The lowest BCUT2D eigenvalue weighted by Crippen LogP contribution is -2.48. The summed E-state index contributed by atoms with van der Waals surface area (Å²) >= 11 is 0. The normalized spacial score (nSPS) is 14.7. The fourth-order valence-corrected chi connectivity index (χ4v) is 3.68. The van der Waals surface area contributed by atoms with E-state index >= 15 is 0 Å². The first-order valence-electron chi connectivity index (χ1n) is 10.2. The molecule has 1 aromatic heterocycles. The highest BCUT2D eigenvalue weighted by Crippen LogP contribution is 2.25. The van der Waals surface area contributed by atoms with Crippen molar-refractivity contribution in [1.82, 2.24) is 24.6 Å². The third-order valence-electron chi connectivity index (χ3n) is 5.31. The number of nitro benzene ring substituents is 1. The molecule has 1 aliphatic rings. The highest BCUT2D eigenvalue weighted by atomic mass is 19.4. The molecule has 2 heterocycles. The fourth-order valence-electron chi connectivity index (χ4n) is 3.68. The van der Waals surface area contributed by atoms with Crippen molar-refractivity contribution in [3.8, 4) is 11.4 Å². The molecule has 0 spiro atoms. The lowest BCUT2D eigenvalue weighted by molar-refractivity contribution is -0.384. The zero-order chi connectivity index (χ0) is 24.3. The first-order chi connectivity index (χ1) is 16.2. The summed E-state index contributed by atoms with van der Waals surface area (Å²) < 4.78 is 42.0. The van der Waals surface area contributed by atoms with Crippen LogP contribution in [-0.2, 0) is 6.54 Å². The summed E-state index contributed by atoms with van der Waals surface area (Å²) in [6.45, 7) is 2.42. The van der Waals surface area contributed by atoms with Crippen LogP contribution in [0.15, 0.2) is 55.1 Å². The van der Waals surface area contributed by atoms with Crippen LogP contribution in [0.3, 0.4) is 0 Å². The van der Waals surface area contributed by atoms with E-state index in [9.17, 15) is 28.1 Å². The van der Waals surface area contributed by atoms with E-state index in [4.69, 9.17) is 0 Å². The summed E-state index contributed by atoms with van der Waals surface area (Å²) in [4.78, 5) is 31.4. The van der Waals surface area contributed by atoms with Crippen molar-refractivity contribution in [1.29, 1.82) is 0 Å². The number of carbonyl (C=O) groups excluding carboxylic acids is 1. The Bertz CT molecular complexity index is 1160. The number of nitro groups is 1. The van der Waals surface area contributed by atoms with Gasteiger partial charge in [0, 0.05) is 44.4 Å². The lowest BCUT2D eigenvalue weighted by atomic mass is 10.1. The Balaban J connectivity index is 1.36. The van der Waals surface area contributed by atoms with E-state index in [-0.39, 0.29) is 28.6 Å². The van der Waals surface area contributed by atoms with Gasteiger partial charge in [-0.25, -0.2) is 9.67 Å². The number of alkyl halides is 3. The molecular formula is C21H19F3N6O4. The first kappa shape index (κ1) is 23.2. The van der Waals surface area contributed by atoms with Crippen LogP contribution in [0.25, 0.3) is 5.69 Å². The van der Waals surface area contributed by atoms with Crippen molar-refractivity contribution in [3.05, 3.63) is 76.4 Å². The topological polar surface area (TPSA) is 107 Å². The molecule has 0 aliphatic carbocycles. The summed E-state index contributed by atoms with van der Waals surface area (Å²) in [7, 11) is 0. The summed E-state index contributed by atoms with van der Waals surface area (Å²) in [5.41, 5.74) is 0.960. The second-order valence-electron chi connectivity index (χ2n) is 7.56. The number of aromatic nitrogens is 3. The molecular weight excluding hydrogens is 457 g/mol. The molecule has 0 unspecified atom stereocenters. The molecule has 0 saturated carbocycles. The second kappa shape index (κ2) is 9.47. The minimum atomic E-state index is -4.73. The third kappa shape index (κ3) is 5.49. The van der Waals surface area contributed by atoms with Crippen LogP contribution in [0, 0.1) is 10.1 Å². The van der Waals surface area contributed by atoms with Gasteiger partial charge in [0.15, 0.2) is 0 Å². The number of halogens is 3. The number of benzene rings is 2. The monoisotopic (exact) mass is 476 g/mol. The van der Waals surface area contributed by atoms with Gasteiger partial charge >= 0.3 is 6.36 Å². The van der Waals surface area contributed by atoms with Gasteiger partial charge in [0.25, 0.3) is 11.6 Å². The van der Waals surface area contributed by atoms with Gasteiger partial charge in [-0.3, -0.25) is 19.8 Å². The minimum absolute atomic E-state index is 0.198. The van der Waals surface area contributed by atoms with Crippen LogP contribution in [0.5, 0.6) is 5.75 Å². The number of hydrogen-bond acceptors (Lipinski definition) is 7. The zero-order valence-electron chi connectivity index (χ0n) is 17.7. The zero-order valence-corrected chi connectivity index (χ0v) is 17.7. The number of rotatable bonds is 6. The quantitative estimate of drug-likeness (QED) is 0.398. The van der Waals surface area contributed by atoms with Crippen molar-refractivity contribution in [2.75, 3.05) is 26.2 Å². The Hall–Kier alpha value is -4.00. The average molecular weight is 476 g/mol. The summed E-state index contributed by atoms with van der Waals surface area (Å²) in [6, 6.07) is 9.86. The van der Waals surface area contributed by atoms with Crippen molar-refractivity contribution in [2.45, 2.75) is 12.9 Å². The molecule has 3 aromatic rings. The summed E-state index contributed by atoms with van der Waals surface area (Å²) in [5.74, 6) is -0.600. The molecule has 1 fully saturated rings. The number of ether oxygens (including phenoxy) is 1. The number of amides is 1. The Morgan fingerprint density at radius 1 is 1.09 bits per heavy atom. The van der Waals surface area contributed by atoms with Crippen molar-refractivity contribution < 1.29 is 27.6 Å². The van der Waals surface area contributed by atoms with Crippen LogP contribution in [0.1, 0.15) is 15.9 Å². The molecule has 1 amide bonds.